The first-order chi connectivity index (χ1) is 13.0. The molecular formula is C20H25ClN4O2. The van der Waals surface area contributed by atoms with E-state index in [0.717, 1.165) is 35.6 Å². The number of ketones is 1. The second kappa shape index (κ2) is 8.67. The molecule has 6 nitrogen and oxygen atoms in total. The van der Waals surface area contributed by atoms with E-state index in [0.29, 0.717) is 31.1 Å². The molecule has 0 amide bonds. The zero-order valence-corrected chi connectivity index (χ0v) is 16.5. The Hall–Kier alpha value is -2.18. The topological polar surface area (TPSA) is 81.3 Å². The summed E-state index contributed by atoms with van der Waals surface area (Å²) >= 11 is 6.61. The van der Waals surface area contributed by atoms with E-state index in [1.54, 1.807) is 0 Å². The first-order valence-electron chi connectivity index (χ1n) is 9.23. The Morgan fingerprint density at radius 1 is 1.37 bits per heavy atom. The fourth-order valence-corrected chi connectivity index (χ4v) is 3.66. The number of aryl methyl sites for hydroxylation is 1. The molecule has 3 rings (SSSR count). The number of Topliss-reactive ketones (excluding diaryl/α,β-unsaturated/α-hetero) is 1. The van der Waals surface area contributed by atoms with Gasteiger partial charge >= 0.3 is 0 Å². The number of carbonyl (C=O) groups excluding carboxylic acids is 1. The van der Waals surface area contributed by atoms with Gasteiger partial charge < -0.3 is 15.4 Å². The SMILES string of the molecule is CCC(=O)Cc1ccc([C@H]2COCCCN2c2cc(C)nc(N)n2)c(Cl)c1. The summed E-state index contributed by atoms with van der Waals surface area (Å²) in [5.74, 6) is 1.23. The fourth-order valence-electron chi connectivity index (χ4n) is 3.33. The number of nitrogen functional groups attached to an aromatic ring is 1. The first-order valence-corrected chi connectivity index (χ1v) is 9.61. The number of aromatic nitrogens is 2. The predicted molar refractivity (Wildman–Crippen MR) is 107 cm³/mol. The number of anilines is 2. The molecule has 1 saturated heterocycles. The Bertz CT molecular complexity index is 807. The molecule has 2 heterocycles. The van der Waals surface area contributed by atoms with Gasteiger partial charge in [0.05, 0.1) is 12.6 Å². The van der Waals surface area contributed by atoms with E-state index in [1.807, 2.05) is 38.1 Å². The van der Waals surface area contributed by atoms with Crippen molar-refractivity contribution in [1.29, 1.82) is 0 Å². The summed E-state index contributed by atoms with van der Waals surface area (Å²) in [5.41, 5.74) is 8.57. The average molecular weight is 389 g/mol. The van der Waals surface area contributed by atoms with Crippen LogP contribution >= 0.6 is 11.6 Å². The molecule has 0 saturated carbocycles. The molecule has 1 aliphatic rings. The highest BCUT2D eigenvalue weighted by atomic mass is 35.5. The van der Waals surface area contributed by atoms with E-state index >= 15 is 0 Å². The summed E-state index contributed by atoms with van der Waals surface area (Å²) in [4.78, 5) is 22.5. The Labute approximate surface area is 164 Å². The van der Waals surface area contributed by atoms with Crippen LogP contribution in [0.2, 0.25) is 5.02 Å². The number of nitrogens with zero attached hydrogens (tertiary/aromatic N) is 3. The Morgan fingerprint density at radius 2 is 2.19 bits per heavy atom. The zero-order chi connectivity index (χ0) is 19.4. The van der Waals surface area contributed by atoms with Crippen molar-refractivity contribution < 1.29 is 9.53 Å². The normalized spacial score (nSPS) is 17.6. The van der Waals surface area contributed by atoms with Gasteiger partial charge in [-0.3, -0.25) is 4.79 Å². The monoisotopic (exact) mass is 388 g/mol. The van der Waals surface area contributed by atoms with E-state index in [-0.39, 0.29) is 17.8 Å². The highest BCUT2D eigenvalue weighted by Gasteiger charge is 2.27. The molecule has 1 aromatic heterocycles. The lowest BCUT2D eigenvalue weighted by Crippen LogP contribution is -2.32. The summed E-state index contributed by atoms with van der Waals surface area (Å²) in [6.45, 7) is 5.75. The van der Waals surface area contributed by atoms with Crippen LogP contribution in [0.1, 0.15) is 42.6 Å². The minimum Gasteiger partial charge on any atom is -0.379 e. The molecule has 0 unspecified atom stereocenters. The Kier molecular flexibility index (Phi) is 6.29. The average Bonchev–Trinajstić information content (AvgIpc) is 2.87. The molecule has 0 aliphatic carbocycles. The minimum absolute atomic E-state index is 0.0790. The maximum atomic E-state index is 11.7. The third kappa shape index (κ3) is 4.76. The highest BCUT2D eigenvalue weighted by molar-refractivity contribution is 6.31. The van der Waals surface area contributed by atoms with Crippen molar-refractivity contribution in [3.63, 3.8) is 0 Å². The first kappa shape index (κ1) is 19.6. The minimum atomic E-state index is -0.0790. The van der Waals surface area contributed by atoms with Crippen molar-refractivity contribution in [3.8, 4) is 0 Å². The lowest BCUT2D eigenvalue weighted by atomic mass is 10.0. The number of hydrogen-bond acceptors (Lipinski definition) is 6. The highest BCUT2D eigenvalue weighted by Crippen LogP contribution is 2.33. The van der Waals surface area contributed by atoms with Crippen LogP contribution in [0.4, 0.5) is 11.8 Å². The van der Waals surface area contributed by atoms with Gasteiger partial charge in [-0.1, -0.05) is 30.7 Å². The van der Waals surface area contributed by atoms with Crippen molar-refractivity contribution in [2.45, 2.75) is 39.2 Å². The molecule has 1 atom stereocenters. The van der Waals surface area contributed by atoms with Gasteiger partial charge in [-0.15, -0.1) is 0 Å². The summed E-state index contributed by atoms with van der Waals surface area (Å²) in [5, 5.41) is 0.635. The van der Waals surface area contributed by atoms with Crippen LogP contribution in [0.25, 0.3) is 0 Å². The van der Waals surface area contributed by atoms with Crippen LogP contribution in [0.5, 0.6) is 0 Å². The number of rotatable bonds is 5. The molecule has 27 heavy (non-hydrogen) atoms. The van der Waals surface area contributed by atoms with Crippen LogP contribution < -0.4 is 10.6 Å². The third-order valence-corrected chi connectivity index (χ3v) is 5.04. The van der Waals surface area contributed by atoms with E-state index in [9.17, 15) is 4.79 Å². The van der Waals surface area contributed by atoms with Gasteiger partial charge in [0.1, 0.15) is 11.6 Å². The summed E-state index contributed by atoms with van der Waals surface area (Å²) < 4.78 is 5.81. The molecule has 7 heteroatoms. The number of hydrogen-bond donors (Lipinski definition) is 1. The van der Waals surface area contributed by atoms with Crippen molar-refractivity contribution in [2.24, 2.45) is 0 Å². The fraction of sp³-hybridized carbons (Fsp3) is 0.450. The summed E-state index contributed by atoms with van der Waals surface area (Å²) in [6, 6.07) is 7.69. The molecular weight excluding hydrogens is 364 g/mol. The number of benzene rings is 1. The van der Waals surface area contributed by atoms with E-state index in [4.69, 9.17) is 22.1 Å². The van der Waals surface area contributed by atoms with Crippen molar-refractivity contribution in [2.75, 3.05) is 30.4 Å². The molecule has 2 aromatic rings. The second-order valence-corrected chi connectivity index (χ2v) is 7.20. The predicted octanol–water partition coefficient (Wildman–Crippen LogP) is 3.51. The van der Waals surface area contributed by atoms with E-state index in [2.05, 4.69) is 14.9 Å². The third-order valence-electron chi connectivity index (χ3n) is 4.71. The van der Waals surface area contributed by atoms with E-state index < -0.39 is 0 Å². The van der Waals surface area contributed by atoms with Crippen molar-refractivity contribution >= 4 is 29.2 Å². The summed E-state index contributed by atoms with van der Waals surface area (Å²) in [6.07, 6.45) is 1.82. The maximum Gasteiger partial charge on any atom is 0.222 e. The number of carbonyl (C=O) groups is 1. The van der Waals surface area contributed by atoms with Gasteiger partial charge in [-0.2, -0.15) is 4.98 Å². The molecule has 0 spiro atoms. The largest absolute Gasteiger partial charge is 0.379 e. The molecule has 1 aromatic carbocycles. The van der Waals surface area contributed by atoms with Crippen LogP contribution in [0.15, 0.2) is 24.3 Å². The molecule has 1 fully saturated rings. The van der Waals surface area contributed by atoms with E-state index in [1.165, 1.54) is 0 Å². The molecule has 0 bridgehead atoms. The smallest absolute Gasteiger partial charge is 0.222 e. The van der Waals surface area contributed by atoms with Gasteiger partial charge in [0.2, 0.25) is 5.95 Å². The van der Waals surface area contributed by atoms with Gasteiger partial charge in [0, 0.05) is 42.8 Å². The number of halogens is 1. The van der Waals surface area contributed by atoms with Gasteiger partial charge in [0.15, 0.2) is 0 Å². The van der Waals surface area contributed by atoms with Crippen molar-refractivity contribution in [3.05, 3.63) is 46.1 Å². The van der Waals surface area contributed by atoms with Gasteiger partial charge in [-0.25, -0.2) is 4.98 Å². The Morgan fingerprint density at radius 3 is 2.89 bits per heavy atom. The Balaban J connectivity index is 1.94. The molecule has 1 aliphatic heterocycles. The maximum absolute atomic E-state index is 11.7. The van der Waals surface area contributed by atoms with Crippen LogP contribution in [0.3, 0.4) is 0 Å². The second-order valence-electron chi connectivity index (χ2n) is 6.79. The van der Waals surface area contributed by atoms with Crippen molar-refractivity contribution in [1.82, 2.24) is 9.97 Å². The molecule has 144 valence electrons. The van der Waals surface area contributed by atoms with Gasteiger partial charge in [0.25, 0.3) is 0 Å². The van der Waals surface area contributed by atoms with Crippen LogP contribution in [-0.4, -0.2) is 35.5 Å². The van der Waals surface area contributed by atoms with Gasteiger partial charge in [-0.05, 0) is 30.5 Å². The van der Waals surface area contributed by atoms with Crippen LogP contribution in [-0.2, 0) is 16.0 Å². The molecule has 2 N–H and O–H groups in total. The number of ether oxygens (including phenoxy) is 1. The van der Waals surface area contributed by atoms with Crippen LogP contribution in [0, 0.1) is 6.92 Å². The lowest BCUT2D eigenvalue weighted by molar-refractivity contribution is -0.118. The number of nitrogens with two attached hydrogens (primary N) is 1. The molecule has 0 radical (unpaired) electrons. The summed E-state index contributed by atoms with van der Waals surface area (Å²) in [7, 11) is 0. The standard InChI is InChI=1S/C20H25ClN4O2/c1-3-15(26)10-14-5-6-16(17(21)11-14)18-12-27-8-4-7-25(18)19-9-13(2)23-20(22)24-19/h5-6,9,11,18H,3-4,7-8,10,12H2,1-2H3,(H2,22,23,24)/t18-/m1/s1. The quantitative estimate of drug-likeness (QED) is 0.844. The zero-order valence-electron chi connectivity index (χ0n) is 15.7. The lowest BCUT2D eigenvalue weighted by Gasteiger charge is -2.31.